The molecule has 1 aromatic heterocycles. The summed E-state index contributed by atoms with van der Waals surface area (Å²) in [5.74, 6) is 0.617. The van der Waals surface area contributed by atoms with Crippen LogP contribution in [0.2, 0.25) is 10.0 Å². The van der Waals surface area contributed by atoms with Crippen molar-refractivity contribution in [2.24, 2.45) is 0 Å². The van der Waals surface area contributed by atoms with Gasteiger partial charge in [0.05, 0.1) is 21.5 Å². The number of aryl methyl sites for hydroxylation is 1. The number of rotatable bonds is 5. The van der Waals surface area contributed by atoms with E-state index < -0.39 is 0 Å². The largest absolute Gasteiger partial charge is 0.492 e. The zero-order chi connectivity index (χ0) is 15.6. The molecule has 1 N–H and O–H groups in total. The fourth-order valence-corrected chi connectivity index (χ4v) is 4.30. The van der Waals surface area contributed by atoms with E-state index >= 15 is 0 Å². The number of hydrogen-bond acceptors (Lipinski definition) is 3. The maximum absolute atomic E-state index is 6.42. The van der Waals surface area contributed by atoms with Crippen LogP contribution in [0.4, 0.5) is 0 Å². The molecule has 0 aliphatic heterocycles. The third-order valence-corrected chi connectivity index (χ3v) is 5.94. The zero-order valence-corrected chi connectivity index (χ0v) is 15.9. The van der Waals surface area contributed by atoms with Crippen LogP contribution in [0, 0.1) is 6.92 Å². The predicted octanol–water partition coefficient (Wildman–Crippen LogP) is 5.83. The van der Waals surface area contributed by atoms with Gasteiger partial charge in [-0.3, -0.25) is 0 Å². The van der Waals surface area contributed by atoms with Crippen molar-refractivity contribution < 1.29 is 4.74 Å². The third-order valence-electron chi connectivity index (χ3n) is 3.11. The number of ether oxygens (including phenoxy) is 1. The molecule has 0 bridgehead atoms. The molecule has 1 atom stereocenters. The Labute approximate surface area is 147 Å². The first-order valence-electron chi connectivity index (χ1n) is 6.52. The highest BCUT2D eigenvalue weighted by atomic mass is 79.9. The number of thiophene rings is 1. The van der Waals surface area contributed by atoms with Crippen molar-refractivity contribution in [3.63, 3.8) is 0 Å². The van der Waals surface area contributed by atoms with Gasteiger partial charge in [0.15, 0.2) is 0 Å². The number of halogens is 3. The van der Waals surface area contributed by atoms with E-state index in [9.17, 15) is 0 Å². The van der Waals surface area contributed by atoms with E-state index in [4.69, 9.17) is 27.9 Å². The first kappa shape index (κ1) is 17.1. The number of hydrogen-bond donors (Lipinski definition) is 1. The highest BCUT2D eigenvalue weighted by molar-refractivity contribution is 9.11. The highest BCUT2D eigenvalue weighted by Gasteiger charge is 2.20. The second-order valence-corrected chi connectivity index (χ2v) is 7.78. The van der Waals surface area contributed by atoms with Gasteiger partial charge in [0.2, 0.25) is 0 Å². The Morgan fingerprint density at radius 3 is 2.52 bits per heavy atom. The topological polar surface area (TPSA) is 21.3 Å². The molecule has 0 amide bonds. The maximum atomic E-state index is 6.42. The summed E-state index contributed by atoms with van der Waals surface area (Å²) in [7, 11) is 1.91. The quantitative estimate of drug-likeness (QED) is 0.671. The van der Waals surface area contributed by atoms with Crippen LogP contribution < -0.4 is 10.1 Å². The minimum atomic E-state index is 0.000626. The van der Waals surface area contributed by atoms with Gasteiger partial charge in [0, 0.05) is 16.0 Å². The number of benzene rings is 1. The Bertz CT molecular complexity index is 625. The average Bonchev–Trinajstić information content (AvgIpc) is 2.76. The molecule has 6 heteroatoms. The fraction of sp³-hybridized carbons (Fsp3) is 0.333. The van der Waals surface area contributed by atoms with E-state index in [1.807, 2.05) is 20.0 Å². The molecule has 0 aliphatic rings. The third kappa shape index (κ3) is 3.74. The molecule has 0 saturated heterocycles. The van der Waals surface area contributed by atoms with Gasteiger partial charge in [0.1, 0.15) is 5.75 Å². The van der Waals surface area contributed by atoms with E-state index in [1.165, 1.54) is 10.4 Å². The summed E-state index contributed by atoms with van der Waals surface area (Å²) in [5, 5.41) is 4.52. The smallest absolute Gasteiger partial charge is 0.139 e. The van der Waals surface area contributed by atoms with Gasteiger partial charge in [0.25, 0.3) is 0 Å². The molecule has 2 nitrogen and oxygen atoms in total. The molecule has 114 valence electrons. The number of nitrogens with one attached hydrogen (secondary N) is 1. The van der Waals surface area contributed by atoms with Crippen LogP contribution >= 0.6 is 50.5 Å². The van der Waals surface area contributed by atoms with Crippen LogP contribution in [0.1, 0.15) is 29.0 Å². The molecular weight excluding hydrogens is 393 g/mol. The van der Waals surface area contributed by atoms with E-state index in [-0.39, 0.29) is 6.04 Å². The second kappa shape index (κ2) is 7.34. The van der Waals surface area contributed by atoms with Gasteiger partial charge < -0.3 is 10.1 Å². The van der Waals surface area contributed by atoms with Gasteiger partial charge in [-0.25, -0.2) is 0 Å². The van der Waals surface area contributed by atoms with Crippen molar-refractivity contribution in [2.75, 3.05) is 13.7 Å². The average molecular weight is 409 g/mol. The first-order chi connectivity index (χ1) is 9.97. The van der Waals surface area contributed by atoms with Crippen molar-refractivity contribution in [3.8, 4) is 5.75 Å². The molecule has 0 radical (unpaired) electrons. The molecule has 2 rings (SSSR count). The fourth-order valence-electron chi connectivity index (χ4n) is 2.11. The normalized spacial score (nSPS) is 12.5. The minimum Gasteiger partial charge on any atom is -0.492 e. The SMILES string of the molecule is CCOc1cc(Cl)c(C(NC)c2cc(C)c(Br)s2)cc1Cl. The Balaban J connectivity index is 2.45. The Kier molecular flexibility index (Phi) is 5.97. The second-order valence-electron chi connectivity index (χ2n) is 4.56. The molecule has 1 aromatic carbocycles. The van der Waals surface area contributed by atoms with Gasteiger partial charge in [-0.2, -0.15) is 0 Å². The molecule has 1 heterocycles. The van der Waals surface area contributed by atoms with E-state index in [0.717, 1.165) is 9.35 Å². The van der Waals surface area contributed by atoms with Crippen LogP contribution in [0.25, 0.3) is 0 Å². The van der Waals surface area contributed by atoms with Crippen molar-refractivity contribution >= 4 is 50.5 Å². The summed E-state index contributed by atoms with van der Waals surface area (Å²) in [6.45, 7) is 4.55. The van der Waals surface area contributed by atoms with Crippen LogP contribution in [0.15, 0.2) is 22.0 Å². The predicted molar refractivity (Wildman–Crippen MR) is 95.3 cm³/mol. The summed E-state index contributed by atoms with van der Waals surface area (Å²) < 4.78 is 6.60. The first-order valence-corrected chi connectivity index (χ1v) is 8.89. The van der Waals surface area contributed by atoms with Gasteiger partial charge in [-0.15, -0.1) is 11.3 Å². The van der Waals surface area contributed by atoms with Crippen LogP contribution in [0.3, 0.4) is 0 Å². The van der Waals surface area contributed by atoms with Crippen LogP contribution in [0.5, 0.6) is 5.75 Å². The lowest BCUT2D eigenvalue weighted by molar-refractivity contribution is 0.340. The van der Waals surface area contributed by atoms with Crippen molar-refractivity contribution in [3.05, 3.63) is 48.0 Å². The van der Waals surface area contributed by atoms with E-state index in [2.05, 4.69) is 34.2 Å². The summed E-state index contributed by atoms with van der Waals surface area (Å²) in [4.78, 5) is 1.18. The molecule has 0 fully saturated rings. The summed E-state index contributed by atoms with van der Waals surface area (Å²) in [6.07, 6.45) is 0. The van der Waals surface area contributed by atoms with Gasteiger partial charge in [-0.1, -0.05) is 23.2 Å². The lowest BCUT2D eigenvalue weighted by atomic mass is 10.0. The molecule has 0 spiro atoms. The van der Waals surface area contributed by atoms with Crippen molar-refractivity contribution in [2.45, 2.75) is 19.9 Å². The molecular formula is C15H16BrCl2NOS. The molecule has 0 aliphatic carbocycles. The monoisotopic (exact) mass is 407 g/mol. The molecule has 1 unspecified atom stereocenters. The Morgan fingerprint density at radius 2 is 2.00 bits per heavy atom. The zero-order valence-electron chi connectivity index (χ0n) is 12.0. The van der Waals surface area contributed by atoms with Crippen LogP contribution in [-0.4, -0.2) is 13.7 Å². The molecule has 0 saturated carbocycles. The van der Waals surface area contributed by atoms with Crippen molar-refractivity contribution in [1.82, 2.24) is 5.32 Å². The Hall–Kier alpha value is -0.260. The van der Waals surface area contributed by atoms with Gasteiger partial charge >= 0.3 is 0 Å². The van der Waals surface area contributed by atoms with E-state index in [1.54, 1.807) is 17.4 Å². The van der Waals surface area contributed by atoms with E-state index in [0.29, 0.717) is 22.4 Å². The minimum absolute atomic E-state index is 0.000626. The highest BCUT2D eigenvalue weighted by Crippen LogP contribution is 2.39. The van der Waals surface area contributed by atoms with Crippen molar-refractivity contribution in [1.29, 1.82) is 0 Å². The molecule has 21 heavy (non-hydrogen) atoms. The summed E-state index contributed by atoms with van der Waals surface area (Å²) in [5.41, 5.74) is 2.16. The standard InChI is InChI=1S/C15H16BrCl2NOS/c1-4-20-12-7-10(17)9(6-11(12)18)14(19-3)13-5-8(2)15(16)21-13/h5-7,14,19H,4H2,1-3H3. The van der Waals surface area contributed by atoms with Crippen LogP contribution in [-0.2, 0) is 0 Å². The Morgan fingerprint density at radius 1 is 1.29 bits per heavy atom. The molecule has 2 aromatic rings. The summed E-state index contributed by atoms with van der Waals surface area (Å²) >= 11 is 18.0. The lowest BCUT2D eigenvalue weighted by Gasteiger charge is -2.18. The van der Waals surface area contributed by atoms with Gasteiger partial charge in [-0.05, 0) is 60.1 Å². The summed E-state index contributed by atoms with van der Waals surface area (Å²) in [6, 6.07) is 5.80. The lowest BCUT2D eigenvalue weighted by Crippen LogP contribution is -2.17. The maximum Gasteiger partial charge on any atom is 0.139 e.